The molecule has 1 aromatic heterocycles. The summed E-state index contributed by atoms with van der Waals surface area (Å²) in [7, 11) is -6.69. The molecule has 2 amide bonds. The number of nitrogens with zero attached hydrogens (tertiary/aromatic N) is 2. The van der Waals surface area contributed by atoms with Gasteiger partial charge in [0, 0.05) is 24.4 Å². The van der Waals surface area contributed by atoms with Crippen LogP contribution in [0.5, 0.6) is 11.6 Å². The number of hydrogen-bond donors (Lipinski definition) is 2. The number of nitrogens with two attached hydrogens (primary N) is 1. The Morgan fingerprint density at radius 2 is 1.55 bits per heavy atom. The quantitative estimate of drug-likeness (QED) is 0.146. The monoisotopic (exact) mass is 976 g/mol. The summed E-state index contributed by atoms with van der Waals surface area (Å²) in [4.78, 5) is 61.4. The number of halogens is 3. The van der Waals surface area contributed by atoms with E-state index in [9.17, 15) is 49.2 Å². The standard InChI is InChI=1S/C39H52F3N3O10S.C5H11NO3S/c1-9-24-20-38(24,34(49)44-56(50,51)55-37(10-2)14-15-37)21-30(46)29-18-26(53-32-27-12-11-25(52-8)17-23(27)13-16-43-32)22-45(29)33(48)28(35(3,4)5)19-31(47)54-36(6,7)39(40,41)42;1-2-5(3-4-5)9-10(6,7)8/h11-13,16-17,24,26,28-29H,9-10,14-15,18-22H2,1-8H3,(H,44,49);2-4H2,1H3,(H2,6,7,8)/t24-,26-,28-,29+,38-;/m1./s1. The van der Waals surface area contributed by atoms with Crippen molar-refractivity contribution >= 4 is 54.9 Å². The summed E-state index contributed by atoms with van der Waals surface area (Å²) in [6, 6.07) is 5.83. The molecule has 2 aromatic rings. The molecular formula is C44H63F3N4O13S2. The third kappa shape index (κ3) is 12.7. The van der Waals surface area contributed by atoms with Crippen LogP contribution >= 0.6 is 0 Å². The second kappa shape index (κ2) is 19.1. The zero-order valence-corrected chi connectivity index (χ0v) is 40.5. The lowest BCUT2D eigenvalue weighted by atomic mass is 9.77. The number of ether oxygens (including phenoxy) is 3. The predicted octanol–water partition coefficient (Wildman–Crippen LogP) is 6.37. The molecule has 0 spiro atoms. The molecule has 1 aliphatic heterocycles. The Bertz CT molecular complexity index is 2380. The lowest BCUT2D eigenvalue weighted by Crippen LogP contribution is -2.49. The molecule has 3 aliphatic carbocycles. The molecule has 22 heteroatoms. The number of ketones is 1. The van der Waals surface area contributed by atoms with E-state index < -0.39 is 109 Å². The number of pyridine rings is 1. The maximum atomic E-state index is 14.6. The van der Waals surface area contributed by atoms with Crippen LogP contribution in [0.4, 0.5) is 13.2 Å². The number of rotatable bonds is 19. The molecule has 0 unspecified atom stereocenters. The van der Waals surface area contributed by atoms with Gasteiger partial charge in [-0.2, -0.15) is 30.0 Å². The smallest absolute Gasteiger partial charge is 0.427 e. The van der Waals surface area contributed by atoms with Crippen LogP contribution in [0.3, 0.4) is 0 Å². The van der Waals surface area contributed by atoms with Crippen LogP contribution < -0.4 is 19.3 Å². The first kappa shape index (κ1) is 52.8. The topological polar surface area (TPSA) is 237 Å². The molecule has 17 nitrogen and oxygen atoms in total. The second-order valence-electron chi connectivity index (χ2n) is 19.5. The maximum Gasteiger partial charge on any atom is 0.427 e. The van der Waals surface area contributed by atoms with Gasteiger partial charge in [0.2, 0.25) is 23.3 Å². The Balaban J connectivity index is 0.000000721. The van der Waals surface area contributed by atoms with Gasteiger partial charge in [-0.25, -0.2) is 19.0 Å². The van der Waals surface area contributed by atoms with Gasteiger partial charge in [-0.15, -0.1) is 0 Å². The van der Waals surface area contributed by atoms with Gasteiger partial charge in [-0.3, -0.25) is 23.4 Å². The van der Waals surface area contributed by atoms with Gasteiger partial charge in [0.25, 0.3) is 0 Å². The summed E-state index contributed by atoms with van der Waals surface area (Å²) >= 11 is 0. The zero-order chi connectivity index (χ0) is 49.5. The molecule has 4 aliphatic rings. The third-order valence-electron chi connectivity index (χ3n) is 13.3. The average molecular weight is 977 g/mol. The van der Waals surface area contributed by atoms with E-state index in [1.54, 1.807) is 52.0 Å². The third-order valence-corrected chi connectivity index (χ3v) is 14.9. The van der Waals surface area contributed by atoms with Crippen LogP contribution in [0.25, 0.3) is 10.8 Å². The van der Waals surface area contributed by atoms with Crippen LogP contribution in [0.15, 0.2) is 30.5 Å². The zero-order valence-electron chi connectivity index (χ0n) is 38.9. The van der Waals surface area contributed by atoms with Crippen LogP contribution in [0.1, 0.15) is 126 Å². The number of carbonyl (C=O) groups is 4. The molecule has 370 valence electrons. The van der Waals surface area contributed by atoms with Crippen LogP contribution in [0, 0.1) is 22.7 Å². The van der Waals surface area contributed by atoms with E-state index in [1.165, 1.54) is 18.2 Å². The fourth-order valence-electron chi connectivity index (χ4n) is 8.36. The van der Waals surface area contributed by atoms with Crippen molar-refractivity contribution in [1.29, 1.82) is 0 Å². The molecule has 1 saturated heterocycles. The Hall–Kier alpha value is -4.12. The Morgan fingerprint density at radius 1 is 0.939 bits per heavy atom. The predicted molar refractivity (Wildman–Crippen MR) is 234 cm³/mol. The summed E-state index contributed by atoms with van der Waals surface area (Å²) in [6.45, 7) is 11.7. The highest BCUT2D eigenvalue weighted by atomic mass is 32.2. The van der Waals surface area contributed by atoms with Gasteiger partial charge in [0.1, 0.15) is 11.9 Å². The summed E-state index contributed by atoms with van der Waals surface area (Å²) in [5, 5.41) is 6.06. The maximum absolute atomic E-state index is 14.6. The number of aromatic nitrogens is 1. The normalized spacial score (nSPS) is 23.8. The number of Topliss-reactive ketones (excluding diaryl/α,β-unsaturated/α-hetero) is 1. The molecular weight excluding hydrogens is 914 g/mol. The molecule has 3 N–H and O–H groups in total. The molecule has 5 atom stereocenters. The Labute approximate surface area is 384 Å². The number of esters is 1. The first-order chi connectivity index (χ1) is 30.4. The van der Waals surface area contributed by atoms with Crippen molar-refractivity contribution in [2.24, 2.45) is 27.8 Å². The van der Waals surface area contributed by atoms with E-state index >= 15 is 0 Å². The minimum Gasteiger partial charge on any atom is -0.497 e. The fraction of sp³-hybridized carbons (Fsp3) is 0.705. The van der Waals surface area contributed by atoms with E-state index in [-0.39, 0.29) is 31.2 Å². The number of amides is 2. The molecule has 0 radical (unpaired) electrons. The number of fused-ring (bicyclic) bond motifs is 1. The van der Waals surface area contributed by atoms with Crippen molar-refractivity contribution < 1.29 is 71.8 Å². The summed E-state index contributed by atoms with van der Waals surface area (Å²) in [6.07, 6.45) is -0.782. The summed E-state index contributed by atoms with van der Waals surface area (Å²) < 4.78 is 116. The highest BCUT2D eigenvalue weighted by Crippen LogP contribution is 2.58. The lowest BCUT2D eigenvalue weighted by molar-refractivity contribution is -0.257. The van der Waals surface area contributed by atoms with Crippen molar-refractivity contribution in [2.45, 2.75) is 161 Å². The average Bonchev–Trinajstić information content (AvgIpc) is 4.17. The van der Waals surface area contributed by atoms with Crippen LogP contribution in [0.2, 0.25) is 0 Å². The van der Waals surface area contributed by atoms with Crippen molar-refractivity contribution in [3.05, 3.63) is 30.5 Å². The number of carbonyl (C=O) groups excluding carboxylic acids is 4. The molecule has 4 fully saturated rings. The Kier molecular flexibility index (Phi) is 15.3. The molecule has 2 heterocycles. The van der Waals surface area contributed by atoms with E-state index in [2.05, 4.69) is 14.3 Å². The van der Waals surface area contributed by atoms with Crippen molar-refractivity contribution in [3.8, 4) is 11.6 Å². The number of methoxy groups -OCH3 is 1. The number of alkyl halides is 3. The highest BCUT2D eigenvalue weighted by molar-refractivity contribution is 7.85. The van der Waals surface area contributed by atoms with Gasteiger partial charge in [0.15, 0.2) is 5.78 Å². The van der Waals surface area contributed by atoms with Gasteiger partial charge >= 0.3 is 32.8 Å². The molecule has 0 bridgehead atoms. The number of nitrogens with one attached hydrogen (secondary N) is 1. The van der Waals surface area contributed by atoms with Crippen molar-refractivity contribution in [3.63, 3.8) is 0 Å². The SMILES string of the molecule is CCC1(OS(N)(=O)=O)CC1.CC[C@@H]1C[C@]1(CC(=O)[C@@H]1C[C@@H](Oc2nccc3cc(OC)ccc23)CN1C(=O)[C@@H](CC(=O)OC(C)(C)C(F)(F)F)C(C)(C)C)C(=O)NS(=O)(=O)OC1(CC)CC1. The van der Waals surface area contributed by atoms with Crippen molar-refractivity contribution in [2.75, 3.05) is 13.7 Å². The molecule has 3 saturated carbocycles. The summed E-state index contributed by atoms with van der Waals surface area (Å²) in [5.74, 6) is -4.08. The van der Waals surface area contributed by atoms with Crippen LogP contribution in [-0.2, 0) is 52.9 Å². The Morgan fingerprint density at radius 3 is 2.03 bits per heavy atom. The molecule has 6 rings (SSSR count). The second-order valence-corrected chi connectivity index (χ2v) is 21.9. The van der Waals surface area contributed by atoms with Crippen molar-refractivity contribution in [1.82, 2.24) is 14.6 Å². The van der Waals surface area contributed by atoms with Gasteiger partial charge in [-0.05, 0) is 99.8 Å². The van der Waals surface area contributed by atoms with E-state index in [4.69, 9.17) is 18.4 Å². The molecule has 66 heavy (non-hydrogen) atoms. The van der Waals surface area contributed by atoms with E-state index in [1.807, 2.05) is 18.6 Å². The number of likely N-dealkylation sites (tertiary alicyclic amines) is 1. The van der Waals surface area contributed by atoms with E-state index in [0.29, 0.717) is 57.1 Å². The van der Waals surface area contributed by atoms with Gasteiger partial charge in [0.05, 0.1) is 48.7 Å². The largest absolute Gasteiger partial charge is 0.497 e. The highest BCUT2D eigenvalue weighted by Gasteiger charge is 2.62. The van der Waals surface area contributed by atoms with E-state index in [0.717, 1.165) is 18.2 Å². The van der Waals surface area contributed by atoms with Crippen LogP contribution in [-0.4, -0.2) is 99.1 Å². The number of hydrogen-bond acceptors (Lipinski definition) is 14. The lowest BCUT2D eigenvalue weighted by Gasteiger charge is -2.35. The fourth-order valence-corrected chi connectivity index (χ4v) is 10.4. The minimum absolute atomic E-state index is 0.0455. The van der Waals surface area contributed by atoms with Gasteiger partial charge in [-0.1, -0.05) is 48.0 Å². The summed E-state index contributed by atoms with van der Waals surface area (Å²) in [5.41, 5.74) is -6.48. The molecule has 1 aromatic carbocycles. The van der Waals surface area contributed by atoms with Gasteiger partial charge < -0.3 is 19.1 Å². The number of benzene rings is 1. The minimum atomic E-state index is -4.87. The first-order valence-corrected chi connectivity index (χ1v) is 25.0. The first-order valence-electron chi connectivity index (χ1n) is 22.1.